The second kappa shape index (κ2) is 8.97. The molecular formula is C17H20F3N7O3. The summed E-state index contributed by atoms with van der Waals surface area (Å²) in [5, 5.41) is 7.84. The van der Waals surface area contributed by atoms with Gasteiger partial charge < -0.3 is 19.9 Å². The van der Waals surface area contributed by atoms with E-state index in [1.807, 2.05) is 11.8 Å². The molecule has 2 aromatic heterocycles. The molecule has 30 heavy (non-hydrogen) atoms. The average molecular weight is 427 g/mol. The summed E-state index contributed by atoms with van der Waals surface area (Å²) in [5.41, 5.74) is -1.72. The van der Waals surface area contributed by atoms with Crippen molar-refractivity contribution in [3.63, 3.8) is 0 Å². The van der Waals surface area contributed by atoms with Crippen LogP contribution in [0.4, 0.5) is 29.7 Å². The van der Waals surface area contributed by atoms with Gasteiger partial charge >= 0.3 is 12.3 Å². The molecule has 162 valence electrons. The lowest BCUT2D eigenvalue weighted by Crippen LogP contribution is -2.49. The number of carbonyl (C=O) groups excluding carboxylic acids is 1. The lowest BCUT2D eigenvalue weighted by Gasteiger charge is -2.34. The van der Waals surface area contributed by atoms with Gasteiger partial charge in [0.1, 0.15) is 18.0 Å². The number of hydrogen-bond acceptors (Lipinski definition) is 8. The molecule has 0 bridgehead atoms. The van der Waals surface area contributed by atoms with Crippen molar-refractivity contribution in [3.8, 4) is 0 Å². The molecule has 3 heterocycles. The van der Waals surface area contributed by atoms with Gasteiger partial charge in [0.25, 0.3) is 5.56 Å². The summed E-state index contributed by atoms with van der Waals surface area (Å²) < 4.78 is 43.3. The second-order valence-electron chi connectivity index (χ2n) is 6.57. The monoisotopic (exact) mass is 427 g/mol. The molecule has 1 amide bonds. The van der Waals surface area contributed by atoms with Gasteiger partial charge in [-0.15, -0.1) is 0 Å². The third-order valence-corrected chi connectivity index (χ3v) is 4.33. The Morgan fingerprint density at radius 3 is 2.53 bits per heavy atom. The van der Waals surface area contributed by atoms with Gasteiger partial charge in [0.2, 0.25) is 5.95 Å². The Labute approximate surface area is 169 Å². The molecule has 0 saturated carbocycles. The highest BCUT2D eigenvalue weighted by atomic mass is 19.4. The minimum absolute atomic E-state index is 0.0270. The van der Waals surface area contributed by atoms with Crippen molar-refractivity contribution in [2.45, 2.75) is 13.1 Å². The molecule has 0 atom stereocenters. The normalized spacial score (nSPS) is 14.5. The van der Waals surface area contributed by atoms with Crippen LogP contribution in [0.2, 0.25) is 0 Å². The van der Waals surface area contributed by atoms with E-state index in [1.165, 1.54) is 4.90 Å². The summed E-state index contributed by atoms with van der Waals surface area (Å²) in [6.07, 6.45) is -1.85. The number of H-pyrrole nitrogens is 1. The first kappa shape index (κ1) is 21.3. The number of alkyl halides is 3. The van der Waals surface area contributed by atoms with Crippen molar-refractivity contribution < 1.29 is 22.7 Å². The molecule has 10 nitrogen and oxygen atoms in total. The molecule has 13 heteroatoms. The molecular weight excluding hydrogens is 407 g/mol. The number of rotatable bonds is 5. The predicted octanol–water partition coefficient (Wildman–Crippen LogP) is 1.26. The van der Waals surface area contributed by atoms with Crippen LogP contribution in [0.15, 0.2) is 23.3 Å². The Morgan fingerprint density at radius 1 is 1.23 bits per heavy atom. The number of amides is 1. The minimum Gasteiger partial charge on any atom is -0.448 e. The Kier molecular flexibility index (Phi) is 6.37. The lowest BCUT2D eigenvalue weighted by molar-refractivity contribution is -0.138. The number of aryl methyl sites for hydroxylation is 1. The van der Waals surface area contributed by atoms with Crippen LogP contribution in [0.3, 0.4) is 0 Å². The van der Waals surface area contributed by atoms with Crippen LogP contribution >= 0.6 is 0 Å². The van der Waals surface area contributed by atoms with Crippen LogP contribution in [0, 0.1) is 6.92 Å². The molecule has 1 aliphatic rings. The van der Waals surface area contributed by atoms with Crippen molar-refractivity contribution in [3.05, 3.63) is 39.9 Å². The topological polar surface area (TPSA) is 116 Å². The molecule has 0 spiro atoms. The molecule has 1 saturated heterocycles. The molecule has 1 fully saturated rings. The maximum Gasteiger partial charge on any atom is 0.421 e. The van der Waals surface area contributed by atoms with E-state index in [9.17, 15) is 22.8 Å². The first-order valence-electron chi connectivity index (χ1n) is 9.10. The number of nitrogens with one attached hydrogen (secondary N) is 2. The molecule has 3 rings (SSSR count). The van der Waals surface area contributed by atoms with E-state index in [1.54, 1.807) is 17.5 Å². The van der Waals surface area contributed by atoms with E-state index in [0.29, 0.717) is 38.2 Å². The lowest BCUT2D eigenvalue weighted by atomic mass is 10.3. The molecule has 0 aromatic carbocycles. The van der Waals surface area contributed by atoms with E-state index in [-0.39, 0.29) is 19.0 Å². The van der Waals surface area contributed by atoms with Crippen LogP contribution in [-0.4, -0.2) is 70.5 Å². The van der Waals surface area contributed by atoms with Crippen LogP contribution in [0.5, 0.6) is 0 Å². The number of carbonyl (C=O) groups is 1. The van der Waals surface area contributed by atoms with Crippen molar-refractivity contribution in [1.29, 1.82) is 0 Å². The van der Waals surface area contributed by atoms with E-state index in [4.69, 9.17) is 4.74 Å². The zero-order chi connectivity index (χ0) is 21.7. The summed E-state index contributed by atoms with van der Waals surface area (Å²) in [7, 11) is 0. The molecule has 0 radical (unpaired) electrons. The van der Waals surface area contributed by atoms with Gasteiger partial charge in [0, 0.05) is 44.6 Å². The number of aromatic nitrogens is 4. The third-order valence-electron chi connectivity index (χ3n) is 4.33. The van der Waals surface area contributed by atoms with Crippen LogP contribution in [0.25, 0.3) is 0 Å². The van der Waals surface area contributed by atoms with Crippen molar-refractivity contribution >= 4 is 17.9 Å². The molecule has 2 N–H and O–H groups in total. The fourth-order valence-corrected chi connectivity index (χ4v) is 2.75. The average Bonchev–Trinajstić information content (AvgIpc) is 2.72. The van der Waals surface area contributed by atoms with Gasteiger partial charge in [-0.05, 0) is 12.5 Å². The van der Waals surface area contributed by atoms with Crippen molar-refractivity contribution in [2.75, 3.05) is 49.5 Å². The maximum absolute atomic E-state index is 12.7. The number of piperazine rings is 1. The van der Waals surface area contributed by atoms with Crippen LogP contribution in [-0.2, 0) is 10.9 Å². The molecule has 2 aromatic rings. The Morgan fingerprint density at radius 2 is 1.90 bits per heavy atom. The Bertz CT molecular complexity index is 925. The third kappa shape index (κ3) is 5.36. The smallest absolute Gasteiger partial charge is 0.421 e. The Balaban J connectivity index is 1.41. The van der Waals surface area contributed by atoms with Crippen molar-refractivity contribution in [1.82, 2.24) is 25.1 Å². The van der Waals surface area contributed by atoms with E-state index in [2.05, 4.69) is 20.4 Å². The van der Waals surface area contributed by atoms with Crippen molar-refractivity contribution in [2.24, 2.45) is 0 Å². The largest absolute Gasteiger partial charge is 0.448 e. The first-order chi connectivity index (χ1) is 14.2. The SMILES string of the molecule is Cc1cnc(N2CCN(C(=O)OCCNc3cc(C(F)(F)F)c(=O)[nH]n3)CC2)nc1. The van der Waals surface area contributed by atoms with Gasteiger partial charge in [0.15, 0.2) is 0 Å². The van der Waals surface area contributed by atoms with Gasteiger partial charge in [0.05, 0.1) is 6.54 Å². The van der Waals surface area contributed by atoms with E-state index >= 15 is 0 Å². The van der Waals surface area contributed by atoms with Crippen LogP contribution in [0.1, 0.15) is 11.1 Å². The number of halogens is 3. The number of aromatic amines is 1. The maximum atomic E-state index is 12.7. The summed E-state index contributed by atoms with van der Waals surface area (Å²) in [4.78, 5) is 35.3. The standard InChI is InChI=1S/C17H20F3N7O3/c1-11-9-22-15(23-10-11)26-3-5-27(6-4-26)16(29)30-7-2-21-13-8-12(17(18,19)20)14(28)25-24-13/h8-10H,2-7H2,1H3,(H,21,24)(H,25,28). The fourth-order valence-electron chi connectivity index (χ4n) is 2.75. The van der Waals surface area contributed by atoms with Gasteiger partial charge in [-0.1, -0.05) is 0 Å². The molecule has 0 aliphatic carbocycles. The number of ether oxygens (including phenoxy) is 1. The molecule has 1 aliphatic heterocycles. The highest BCUT2D eigenvalue weighted by Gasteiger charge is 2.34. The quantitative estimate of drug-likeness (QED) is 0.685. The number of hydrogen-bond donors (Lipinski definition) is 2. The second-order valence-corrected chi connectivity index (χ2v) is 6.57. The summed E-state index contributed by atoms with van der Waals surface area (Å²) in [6, 6.07) is 0.604. The van der Waals surface area contributed by atoms with Gasteiger partial charge in [-0.3, -0.25) is 4.79 Å². The summed E-state index contributed by atoms with van der Waals surface area (Å²) >= 11 is 0. The van der Waals surface area contributed by atoms with Crippen LogP contribution < -0.4 is 15.8 Å². The Hall–Kier alpha value is -3.38. The fraction of sp³-hybridized carbons (Fsp3) is 0.471. The number of anilines is 2. The zero-order valence-electron chi connectivity index (χ0n) is 16.1. The van der Waals surface area contributed by atoms with E-state index in [0.717, 1.165) is 5.56 Å². The zero-order valence-corrected chi connectivity index (χ0v) is 16.1. The highest BCUT2D eigenvalue weighted by Crippen LogP contribution is 2.27. The summed E-state index contributed by atoms with van der Waals surface area (Å²) in [6.45, 7) is 3.81. The number of nitrogens with zero attached hydrogens (tertiary/aromatic N) is 5. The first-order valence-corrected chi connectivity index (χ1v) is 9.10. The predicted molar refractivity (Wildman–Crippen MR) is 100 cm³/mol. The van der Waals surface area contributed by atoms with Gasteiger partial charge in [-0.25, -0.2) is 19.9 Å². The van der Waals surface area contributed by atoms with Gasteiger partial charge in [-0.2, -0.15) is 18.3 Å². The highest BCUT2D eigenvalue weighted by molar-refractivity contribution is 5.68. The summed E-state index contributed by atoms with van der Waals surface area (Å²) in [5.74, 6) is 0.425. The minimum atomic E-state index is -4.79. The molecule has 0 unspecified atom stereocenters. The van der Waals surface area contributed by atoms with E-state index < -0.39 is 23.4 Å².